The summed E-state index contributed by atoms with van der Waals surface area (Å²) in [7, 11) is 0. The molecule has 0 bridgehead atoms. The highest BCUT2D eigenvalue weighted by molar-refractivity contribution is 6.17. The Morgan fingerprint density at radius 1 is 0.250 bits per heavy atom. The molecule has 0 saturated heterocycles. The molecular formula is C42H26N2. The average Bonchev–Trinajstić information content (AvgIpc) is 3.60. The number of para-hydroxylation sites is 4. The summed E-state index contributed by atoms with van der Waals surface area (Å²) >= 11 is 0. The summed E-state index contributed by atoms with van der Waals surface area (Å²) in [4.78, 5) is 0. The average molecular weight is 559 g/mol. The molecule has 0 unspecified atom stereocenters. The summed E-state index contributed by atoms with van der Waals surface area (Å²) in [5, 5.41) is 12.7. The Hall–Kier alpha value is -5.86. The molecule has 0 aliphatic heterocycles. The van der Waals surface area contributed by atoms with E-state index in [4.69, 9.17) is 0 Å². The zero-order valence-corrected chi connectivity index (χ0v) is 23.9. The van der Waals surface area contributed by atoms with Crippen molar-refractivity contribution in [2.45, 2.75) is 0 Å². The lowest BCUT2D eigenvalue weighted by Gasteiger charge is -2.15. The molecule has 10 rings (SSSR count). The molecule has 8 aromatic carbocycles. The molecule has 2 nitrogen and oxygen atoms in total. The highest BCUT2D eigenvalue weighted by Crippen LogP contribution is 2.39. The van der Waals surface area contributed by atoms with Gasteiger partial charge in [0, 0.05) is 32.3 Å². The molecule has 0 N–H and O–H groups in total. The third-order valence-corrected chi connectivity index (χ3v) is 9.47. The van der Waals surface area contributed by atoms with Crippen LogP contribution in [0.1, 0.15) is 0 Å². The molecular weight excluding hydrogens is 532 g/mol. The Bertz CT molecular complexity index is 2670. The van der Waals surface area contributed by atoms with Crippen molar-refractivity contribution in [2.24, 2.45) is 0 Å². The van der Waals surface area contributed by atoms with E-state index in [1.54, 1.807) is 0 Å². The van der Waals surface area contributed by atoms with Gasteiger partial charge in [-0.2, -0.15) is 0 Å². The van der Waals surface area contributed by atoms with Gasteiger partial charge >= 0.3 is 0 Å². The second kappa shape index (κ2) is 8.82. The normalized spacial score (nSPS) is 12.1. The molecule has 2 heteroatoms. The second-order valence-electron chi connectivity index (χ2n) is 11.7. The lowest BCUT2D eigenvalue weighted by atomic mass is 9.96. The Labute approximate surface area is 253 Å². The van der Waals surface area contributed by atoms with Gasteiger partial charge in [0.25, 0.3) is 0 Å². The fraction of sp³-hybridized carbons (Fsp3) is 0. The van der Waals surface area contributed by atoms with Gasteiger partial charge in [0.2, 0.25) is 0 Å². The monoisotopic (exact) mass is 558 g/mol. The first kappa shape index (κ1) is 23.7. The van der Waals surface area contributed by atoms with Gasteiger partial charge in [-0.15, -0.1) is 0 Å². The van der Waals surface area contributed by atoms with E-state index in [2.05, 4.69) is 167 Å². The van der Waals surface area contributed by atoms with E-state index in [1.807, 2.05) is 0 Å². The van der Waals surface area contributed by atoms with Gasteiger partial charge in [0.05, 0.1) is 33.4 Å². The van der Waals surface area contributed by atoms with Crippen molar-refractivity contribution in [3.63, 3.8) is 0 Å². The topological polar surface area (TPSA) is 9.86 Å². The minimum absolute atomic E-state index is 1.21. The summed E-state index contributed by atoms with van der Waals surface area (Å²) in [5.41, 5.74) is 7.33. The predicted molar refractivity (Wildman–Crippen MR) is 188 cm³/mol. The number of aromatic nitrogens is 2. The van der Waals surface area contributed by atoms with Gasteiger partial charge in [-0.3, -0.25) is 0 Å². The molecule has 0 aliphatic rings. The maximum Gasteiger partial charge on any atom is 0.0541 e. The van der Waals surface area contributed by atoms with Crippen molar-refractivity contribution >= 4 is 75.9 Å². The van der Waals surface area contributed by atoms with Gasteiger partial charge in [0.15, 0.2) is 0 Å². The van der Waals surface area contributed by atoms with Gasteiger partial charge < -0.3 is 9.13 Å². The van der Waals surface area contributed by atoms with Gasteiger partial charge in [-0.05, 0) is 70.1 Å². The molecule has 0 spiro atoms. The van der Waals surface area contributed by atoms with Gasteiger partial charge in [-0.1, -0.05) is 109 Å². The number of fused-ring (bicyclic) bond motifs is 10. The number of nitrogens with zero attached hydrogens (tertiary/aromatic N) is 2. The Morgan fingerprint density at radius 2 is 0.682 bits per heavy atom. The van der Waals surface area contributed by atoms with Gasteiger partial charge in [0.1, 0.15) is 0 Å². The minimum atomic E-state index is 1.21. The van der Waals surface area contributed by atoms with E-state index in [-0.39, 0.29) is 0 Å². The molecule has 10 aromatic rings. The van der Waals surface area contributed by atoms with Crippen LogP contribution in [-0.4, -0.2) is 9.13 Å². The van der Waals surface area contributed by atoms with Gasteiger partial charge in [-0.25, -0.2) is 0 Å². The number of rotatable bonds is 2. The summed E-state index contributed by atoms with van der Waals surface area (Å²) in [5.74, 6) is 0. The number of benzene rings is 8. The van der Waals surface area contributed by atoms with Crippen LogP contribution < -0.4 is 0 Å². The van der Waals surface area contributed by atoms with Crippen LogP contribution in [0.4, 0.5) is 0 Å². The quantitative estimate of drug-likeness (QED) is 0.147. The lowest BCUT2D eigenvalue weighted by Crippen LogP contribution is -1.96. The first-order valence-corrected chi connectivity index (χ1v) is 15.2. The molecule has 204 valence electrons. The van der Waals surface area contributed by atoms with Crippen LogP contribution in [0.2, 0.25) is 0 Å². The Morgan fingerprint density at radius 3 is 1.23 bits per heavy atom. The van der Waals surface area contributed by atoms with Crippen LogP contribution in [0.15, 0.2) is 158 Å². The predicted octanol–water partition coefficient (Wildman–Crippen LogP) is 11.3. The fourth-order valence-electron chi connectivity index (χ4n) is 7.59. The van der Waals surface area contributed by atoms with E-state index in [0.717, 1.165) is 0 Å². The zero-order chi connectivity index (χ0) is 28.8. The van der Waals surface area contributed by atoms with E-state index < -0.39 is 0 Å². The van der Waals surface area contributed by atoms with Crippen molar-refractivity contribution in [3.8, 4) is 11.4 Å². The van der Waals surface area contributed by atoms with Crippen molar-refractivity contribution in [3.05, 3.63) is 158 Å². The summed E-state index contributed by atoms with van der Waals surface area (Å²) < 4.78 is 4.87. The minimum Gasteiger partial charge on any atom is -0.309 e. The summed E-state index contributed by atoms with van der Waals surface area (Å²) in [6.45, 7) is 0. The third-order valence-electron chi connectivity index (χ3n) is 9.47. The van der Waals surface area contributed by atoms with Crippen molar-refractivity contribution in [2.75, 3.05) is 0 Å². The molecule has 0 saturated carbocycles. The maximum atomic E-state index is 2.44. The van der Waals surface area contributed by atoms with E-state index >= 15 is 0 Å². The maximum absolute atomic E-state index is 2.44. The first-order chi connectivity index (χ1) is 21.8. The highest BCUT2D eigenvalue weighted by Gasteiger charge is 2.17. The molecule has 0 atom stereocenters. The van der Waals surface area contributed by atoms with Crippen LogP contribution in [0.5, 0.6) is 0 Å². The first-order valence-electron chi connectivity index (χ1n) is 15.2. The Balaban J connectivity index is 1.30. The Kier molecular flexibility index (Phi) is 4.75. The van der Waals surface area contributed by atoms with E-state index in [1.165, 1.54) is 87.3 Å². The molecule has 0 fully saturated rings. The van der Waals surface area contributed by atoms with Crippen molar-refractivity contribution < 1.29 is 0 Å². The molecule has 2 heterocycles. The van der Waals surface area contributed by atoms with Crippen LogP contribution in [0.3, 0.4) is 0 Å². The number of hydrogen-bond acceptors (Lipinski definition) is 0. The van der Waals surface area contributed by atoms with Crippen molar-refractivity contribution in [1.29, 1.82) is 0 Å². The lowest BCUT2D eigenvalue weighted by molar-refractivity contribution is 1.20. The van der Waals surface area contributed by atoms with E-state index in [9.17, 15) is 0 Å². The molecule has 0 amide bonds. The zero-order valence-electron chi connectivity index (χ0n) is 23.9. The summed E-state index contributed by atoms with van der Waals surface area (Å²) in [6, 6.07) is 57.8. The molecule has 44 heavy (non-hydrogen) atoms. The van der Waals surface area contributed by atoms with E-state index in [0.29, 0.717) is 0 Å². The molecule has 0 aliphatic carbocycles. The third kappa shape index (κ3) is 3.14. The summed E-state index contributed by atoms with van der Waals surface area (Å²) in [6.07, 6.45) is 0. The number of hydrogen-bond donors (Lipinski definition) is 0. The standard InChI is InChI=1S/C42H26N2/c1-5-17-37-30(12-1)31-13-2-6-18-38(31)43(37)41-22-10-16-29-34(41)24-23-28-25-27-11-9-21-42(36(27)26-35(28)29)44-39-19-7-3-14-32(39)33-15-4-8-20-40(33)44/h1-26H. The van der Waals surface area contributed by atoms with Crippen LogP contribution in [0, 0.1) is 0 Å². The highest BCUT2D eigenvalue weighted by atomic mass is 15.0. The molecule has 2 aromatic heterocycles. The van der Waals surface area contributed by atoms with Crippen molar-refractivity contribution in [1.82, 2.24) is 9.13 Å². The smallest absolute Gasteiger partial charge is 0.0541 e. The molecule has 0 radical (unpaired) electrons. The van der Waals surface area contributed by atoms with Crippen LogP contribution in [0.25, 0.3) is 87.3 Å². The second-order valence-corrected chi connectivity index (χ2v) is 11.7. The largest absolute Gasteiger partial charge is 0.309 e. The van der Waals surface area contributed by atoms with Crippen LogP contribution >= 0.6 is 0 Å². The fourth-order valence-corrected chi connectivity index (χ4v) is 7.59. The SMILES string of the molecule is c1cc(-n2c3ccccc3c3ccccc32)c2cc3c(ccc4c(-n5c6ccccc6c6ccccc65)cccc43)cc2c1. The van der Waals surface area contributed by atoms with Crippen LogP contribution in [-0.2, 0) is 0 Å².